The first-order chi connectivity index (χ1) is 21.5. The van der Waals surface area contributed by atoms with Gasteiger partial charge in [0.05, 0.1) is 32.6 Å². The quantitative estimate of drug-likeness (QED) is 0.0780. The fraction of sp³-hybridized carbons (Fsp3) is 0.0690. The Morgan fingerprint density at radius 2 is 1.22 bits per heavy atom. The SMILES string of the molecule is O=C(O)c1ccc([N+](=O)[O-])cc1C(=O)Nc1ccc(OCOc2ccc(C(NO)c3cc([N+](=O)[O-])ccc3C(=O)O)cc2)cc1. The monoisotopic (exact) mass is 618 g/mol. The molecule has 0 radical (unpaired) electrons. The predicted molar refractivity (Wildman–Crippen MR) is 154 cm³/mol. The number of hydrogen-bond acceptors (Lipinski definition) is 11. The first-order valence-corrected chi connectivity index (χ1v) is 12.7. The summed E-state index contributed by atoms with van der Waals surface area (Å²) in [4.78, 5) is 56.6. The molecule has 0 fully saturated rings. The molecule has 230 valence electrons. The Morgan fingerprint density at radius 3 is 1.73 bits per heavy atom. The van der Waals surface area contributed by atoms with Crippen LogP contribution in [0.4, 0.5) is 17.1 Å². The average Bonchev–Trinajstić information content (AvgIpc) is 3.02. The zero-order valence-corrected chi connectivity index (χ0v) is 22.8. The number of non-ortho nitro benzene ring substituents is 2. The van der Waals surface area contributed by atoms with Gasteiger partial charge >= 0.3 is 11.9 Å². The number of nitrogens with zero attached hydrogens (tertiary/aromatic N) is 2. The van der Waals surface area contributed by atoms with Gasteiger partial charge in [0.2, 0.25) is 6.79 Å². The van der Waals surface area contributed by atoms with Gasteiger partial charge in [0, 0.05) is 30.0 Å². The van der Waals surface area contributed by atoms with E-state index in [1.54, 1.807) is 0 Å². The van der Waals surface area contributed by atoms with Crippen molar-refractivity contribution in [1.29, 1.82) is 0 Å². The van der Waals surface area contributed by atoms with E-state index in [-0.39, 0.29) is 34.9 Å². The molecule has 16 nitrogen and oxygen atoms in total. The summed E-state index contributed by atoms with van der Waals surface area (Å²) in [5, 5.41) is 53.3. The van der Waals surface area contributed by atoms with Gasteiger partial charge < -0.3 is 30.2 Å². The van der Waals surface area contributed by atoms with Crippen LogP contribution in [0.25, 0.3) is 0 Å². The van der Waals surface area contributed by atoms with E-state index in [9.17, 15) is 50.0 Å². The van der Waals surface area contributed by atoms with E-state index in [0.29, 0.717) is 17.1 Å². The van der Waals surface area contributed by atoms with Crippen molar-refractivity contribution in [3.8, 4) is 11.5 Å². The molecule has 0 aromatic heterocycles. The fourth-order valence-electron chi connectivity index (χ4n) is 4.20. The van der Waals surface area contributed by atoms with Crippen molar-refractivity contribution >= 4 is 34.9 Å². The second-order valence-corrected chi connectivity index (χ2v) is 9.14. The second-order valence-electron chi connectivity index (χ2n) is 9.14. The summed E-state index contributed by atoms with van der Waals surface area (Å²) in [6.07, 6.45) is 0. The third-order valence-electron chi connectivity index (χ3n) is 6.38. The Morgan fingerprint density at radius 1 is 0.711 bits per heavy atom. The summed E-state index contributed by atoms with van der Waals surface area (Å²) in [6.45, 7) is -0.254. The predicted octanol–water partition coefficient (Wildman–Crippen LogP) is 4.64. The normalized spacial score (nSPS) is 11.2. The molecule has 0 bridgehead atoms. The van der Waals surface area contributed by atoms with Crippen LogP contribution in [0, 0.1) is 20.2 Å². The second kappa shape index (κ2) is 13.7. The lowest BCUT2D eigenvalue weighted by atomic mass is 9.94. The van der Waals surface area contributed by atoms with Gasteiger partial charge in [-0.25, -0.2) is 9.59 Å². The molecule has 1 atom stereocenters. The van der Waals surface area contributed by atoms with Crippen molar-refractivity contribution in [2.75, 3.05) is 12.1 Å². The number of nitro groups is 2. The van der Waals surface area contributed by atoms with E-state index < -0.39 is 45.0 Å². The van der Waals surface area contributed by atoms with Crippen LogP contribution in [0.15, 0.2) is 84.9 Å². The third kappa shape index (κ3) is 7.53. The van der Waals surface area contributed by atoms with Crippen molar-refractivity contribution in [2.24, 2.45) is 0 Å². The lowest BCUT2D eigenvalue weighted by Gasteiger charge is -2.18. The summed E-state index contributed by atoms with van der Waals surface area (Å²) < 4.78 is 11.1. The van der Waals surface area contributed by atoms with E-state index in [0.717, 1.165) is 36.4 Å². The number of nitro benzene ring substituents is 2. The molecule has 0 saturated heterocycles. The smallest absolute Gasteiger partial charge is 0.336 e. The number of rotatable bonds is 13. The molecule has 1 unspecified atom stereocenters. The van der Waals surface area contributed by atoms with Crippen LogP contribution in [0.3, 0.4) is 0 Å². The number of aromatic carboxylic acids is 2. The number of anilines is 1. The van der Waals surface area contributed by atoms with E-state index in [2.05, 4.69) is 5.32 Å². The third-order valence-corrected chi connectivity index (χ3v) is 6.38. The molecule has 16 heteroatoms. The number of benzene rings is 4. The zero-order chi connectivity index (χ0) is 32.7. The molecule has 0 heterocycles. The van der Waals surface area contributed by atoms with Gasteiger partial charge in [-0.3, -0.25) is 25.0 Å². The van der Waals surface area contributed by atoms with Crippen molar-refractivity contribution < 1.29 is 49.1 Å². The summed E-state index contributed by atoms with van der Waals surface area (Å²) in [7, 11) is 0. The number of ether oxygens (including phenoxy) is 2. The Kier molecular flexibility index (Phi) is 9.62. The van der Waals surface area contributed by atoms with Crippen LogP contribution in [0.5, 0.6) is 11.5 Å². The van der Waals surface area contributed by atoms with E-state index in [1.165, 1.54) is 48.5 Å². The lowest BCUT2D eigenvalue weighted by Crippen LogP contribution is -2.21. The minimum Gasteiger partial charge on any atom is -0.478 e. The van der Waals surface area contributed by atoms with Crippen LogP contribution in [0.2, 0.25) is 0 Å². The molecule has 4 aromatic carbocycles. The molecular formula is C29H22N4O12. The molecule has 0 aliphatic carbocycles. The molecule has 0 spiro atoms. The van der Waals surface area contributed by atoms with Crippen LogP contribution in [0.1, 0.15) is 48.2 Å². The lowest BCUT2D eigenvalue weighted by molar-refractivity contribution is -0.385. The van der Waals surface area contributed by atoms with Crippen LogP contribution in [-0.2, 0) is 0 Å². The summed E-state index contributed by atoms with van der Waals surface area (Å²) >= 11 is 0. The summed E-state index contributed by atoms with van der Waals surface area (Å²) in [5.74, 6) is -2.94. The van der Waals surface area contributed by atoms with E-state index >= 15 is 0 Å². The Hall–Kier alpha value is -6.39. The highest BCUT2D eigenvalue weighted by Crippen LogP contribution is 2.30. The molecule has 45 heavy (non-hydrogen) atoms. The molecule has 5 N–H and O–H groups in total. The first-order valence-electron chi connectivity index (χ1n) is 12.7. The average molecular weight is 619 g/mol. The van der Waals surface area contributed by atoms with Gasteiger partial charge in [0.15, 0.2) is 0 Å². The minimum absolute atomic E-state index is 0.0248. The maximum absolute atomic E-state index is 12.7. The first kappa shape index (κ1) is 31.5. The number of carboxylic acid groups (broad SMARTS) is 2. The number of amides is 1. The molecule has 4 rings (SSSR count). The molecular weight excluding hydrogens is 596 g/mol. The number of nitrogens with one attached hydrogen (secondary N) is 2. The topological polar surface area (TPSA) is 241 Å². The van der Waals surface area contributed by atoms with Crippen molar-refractivity contribution in [2.45, 2.75) is 6.04 Å². The van der Waals surface area contributed by atoms with Gasteiger partial charge in [0.25, 0.3) is 17.3 Å². The highest BCUT2D eigenvalue weighted by atomic mass is 16.7. The Balaban J connectivity index is 1.37. The molecule has 4 aromatic rings. The van der Waals surface area contributed by atoms with Crippen LogP contribution in [-0.4, -0.2) is 49.9 Å². The van der Waals surface area contributed by atoms with Gasteiger partial charge in [-0.2, -0.15) is 5.48 Å². The van der Waals surface area contributed by atoms with E-state index in [1.807, 2.05) is 5.48 Å². The Labute approximate surface area is 252 Å². The number of hydrogen-bond donors (Lipinski definition) is 5. The number of carboxylic acids is 2. The number of hydroxylamine groups is 1. The highest BCUT2D eigenvalue weighted by Gasteiger charge is 2.24. The molecule has 0 aliphatic heterocycles. The standard InChI is InChI=1S/C29H22N4O12/c34-27(25-14-19(33(42)43)6-12-23(25)29(37)38)30-17-3-9-21(10-4-17)45-15-44-20-7-1-16(2-8-20)26(31-39)24-13-18(32(40)41)5-11-22(24)28(35)36/h1-14,26,31,39H,15H2,(H,30,34)(H,35,36)(H,37,38). The van der Waals surface area contributed by atoms with Crippen molar-refractivity contribution in [3.63, 3.8) is 0 Å². The highest BCUT2D eigenvalue weighted by molar-refractivity contribution is 6.11. The Bertz CT molecular complexity index is 1780. The van der Waals surface area contributed by atoms with E-state index in [4.69, 9.17) is 9.47 Å². The number of carbonyl (C=O) groups is 3. The molecule has 1 amide bonds. The molecule has 0 saturated carbocycles. The maximum Gasteiger partial charge on any atom is 0.336 e. The van der Waals surface area contributed by atoms with Gasteiger partial charge in [-0.15, -0.1) is 0 Å². The minimum atomic E-state index is -1.42. The number of carbonyl (C=O) groups excluding carboxylic acids is 1. The zero-order valence-electron chi connectivity index (χ0n) is 22.8. The fourth-order valence-corrected chi connectivity index (χ4v) is 4.20. The maximum atomic E-state index is 12.7. The van der Waals surface area contributed by atoms with Crippen molar-refractivity contribution in [1.82, 2.24) is 5.48 Å². The molecule has 0 aliphatic rings. The van der Waals surface area contributed by atoms with Crippen LogP contribution >= 0.6 is 0 Å². The van der Waals surface area contributed by atoms with Gasteiger partial charge in [-0.05, 0) is 59.7 Å². The largest absolute Gasteiger partial charge is 0.478 e. The summed E-state index contributed by atoms with van der Waals surface area (Å²) in [6, 6.07) is 16.9. The van der Waals surface area contributed by atoms with Crippen LogP contribution < -0.4 is 20.3 Å². The van der Waals surface area contributed by atoms with Crippen molar-refractivity contribution in [3.05, 3.63) is 133 Å². The van der Waals surface area contributed by atoms with Gasteiger partial charge in [-0.1, -0.05) is 12.1 Å². The van der Waals surface area contributed by atoms with Gasteiger partial charge in [0.1, 0.15) is 11.5 Å². The summed E-state index contributed by atoms with van der Waals surface area (Å²) in [5.41, 5.74) is 0.791.